The Bertz CT molecular complexity index is 594. The van der Waals surface area contributed by atoms with E-state index >= 15 is 0 Å². The van der Waals surface area contributed by atoms with Crippen LogP contribution in [0.25, 0.3) is 0 Å². The van der Waals surface area contributed by atoms with Crippen LogP contribution in [0.15, 0.2) is 17.1 Å². The van der Waals surface area contributed by atoms with Gasteiger partial charge >= 0.3 is 5.97 Å². The number of carbonyl (C=O) groups is 1. The second-order valence-electron chi connectivity index (χ2n) is 6.74. The van der Waals surface area contributed by atoms with E-state index in [0.717, 1.165) is 11.8 Å². The average Bonchev–Trinajstić information content (AvgIpc) is 2.38. The molecule has 1 N–H and O–H groups in total. The highest BCUT2D eigenvalue weighted by Crippen LogP contribution is 2.57. The van der Waals surface area contributed by atoms with Crippen LogP contribution in [0.5, 0.6) is 0 Å². The van der Waals surface area contributed by atoms with Crippen molar-refractivity contribution in [3.8, 4) is 0 Å². The van der Waals surface area contributed by atoms with E-state index in [2.05, 4.69) is 5.10 Å². The molecule has 5 nitrogen and oxygen atoms in total. The number of carboxylic acid groups (broad SMARTS) is 1. The number of hydrogen-bond acceptors (Lipinski definition) is 3. The lowest BCUT2D eigenvalue weighted by molar-refractivity contribution is -0.0344. The van der Waals surface area contributed by atoms with Gasteiger partial charge in [0.15, 0.2) is 0 Å². The first kappa shape index (κ1) is 12.1. The van der Waals surface area contributed by atoms with Gasteiger partial charge in [0.05, 0.1) is 6.04 Å². The molecule has 4 saturated carbocycles. The summed E-state index contributed by atoms with van der Waals surface area (Å²) in [5.41, 5.74) is -0.848. The summed E-state index contributed by atoms with van der Waals surface area (Å²) in [7, 11) is 0. The van der Waals surface area contributed by atoms with Crippen LogP contribution in [0, 0.1) is 23.7 Å². The van der Waals surface area contributed by atoms with Crippen LogP contribution in [0.1, 0.15) is 48.6 Å². The van der Waals surface area contributed by atoms with Crippen LogP contribution in [-0.2, 0) is 0 Å². The van der Waals surface area contributed by atoms with E-state index in [1.54, 1.807) is 10.9 Å². The molecule has 4 bridgehead atoms. The predicted octanol–water partition coefficient (Wildman–Crippen LogP) is 1.94. The Balaban J connectivity index is 1.73. The molecule has 0 amide bonds. The van der Waals surface area contributed by atoms with Crippen LogP contribution in [-0.4, -0.2) is 20.9 Å². The Hall–Kier alpha value is -1.65. The first-order valence-electron chi connectivity index (χ1n) is 7.44. The molecule has 20 heavy (non-hydrogen) atoms. The third-order valence-electron chi connectivity index (χ3n) is 5.51. The minimum absolute atomic E-state index is 0.293. The summed E-state index contributed by atoms with van der Waals surface area (Å²) in [5, 5.41) is 13.2. The first-order chi connectivity index (χ1) is 9.61. The number of nitrogens with zero attached hydrogens (tertiary/aromatic N) is 2. The molecule has 0 radical (unpaired) electrons. The molecule has 1 aromatic heterocycles. The molecule has 0 spiro atoms. The molecule has 5 heteroatoms. The number of aromatic nitrogens is 2. The lowest BCUT2D eigenvalue weighted by atomic mass is 9.54. The minimum Gasteiger partial charge on any atom is -0.476 e. The normalized spacial score (nSPS) is 38.1. The molecule has 0 unspecified atom stereocenters. The molecule has 0 aromatic carbocycles. The highest BCUT2D eigenvalue weighted by Gasteiger charge is 2.49. The second-order valence-corrected chi connectivity index (χ2v) is 6.74. The van der Waals surface area contributed by atoms with Crippen LogP contribution in [0.2, 0.25) is 0 Å². The molecule has 4 aliphatic carbocycles. The fraction of sp³-hybridized carbons (Fsp3) is 0.667. The summed E-state index contributed by atoms with van der Waals surface area (Å²) >= 11 is 0. The smallest absolute Gasteiger partial charge is 0.360 e. The van der Waals surface area contributed by atoms with Crippen molar-refractivity contribution >= 4 is 5.97 Å². The third-order valence-corrected chi connectivity index (χ3v) is 5.51. The average molecular weight is 274 g/mol. The molecular weight excluding hydrogens is 256 g/mol. The van der Waals surface area contributed by atoms with Crippen molar-refractivity contribution in [2.24, 2.45) is 23.7 Å². The Kier molecular flexibility index (Phi) is 2.53. The van der Waals surface area contributed by atoms with E-state index in [0.29, 0.717) is 17.9 Å². The Morgan fingerprint density at radius 1 is 1.15 bits per heavy atom. The predicted molar refractivity (Wildman–Crippen MR) is 71.5 cm³/mol. The fourth-order valence-electron chi connectivity index (χ4n) is 5.06. The summed E-state index contributed by atoms with van der Waals surface area (Å²) in [6, 6.07) is 1.64. The molecule has 5 rings (SSSR count). The molecular formula is C15H18N2O3. The van der Waals surface area contributed by atoms with Crippen molar-refractivity contribution in [1.29, 1.82) is 0 Å². The van der Waals surface area contributed by atoms with Gasteiger partial charge in [0.1, 0.15) is 0 Å². The van der Waals surface area contributed by atoms with Gasteiger partial charge in [-0.2, -0.15) is 5.10 Å². The zero-order chi connectivity index (χ0) is 13.9. The SMILES string of the molecule is O=C(O)c1nn(C2C3CC4CC(C3)CC2C4)ccc1=O. The Morgan fingerprint density at radius 2 is 1.75 bits per heavy atom. The summed E-state index contributed by atoms with van der Waals surface area (Å²) in [6.07, 6.45) is 8.04. The van der Waals surface area contributed by atoms with E-state index in [1.165, 1.54) is 38.2 Å². The van der Waals surface area contributed by atoms with Gasteiger partial charge in [-0.15, -0.1) is 0 Å². The standard InChI is InChI=1S/C15H18N2O3/c18-12-1-2-17(16-13(12)15(19)20)14-10-4-8-3-9(6-10)7-11(14)5-8/h1-2,8-11,14H,3-7H2,(H,19,20). The molecule has 1 heterocycles. The largest absolute Gasteiger partial charge is 0.476 e. The quantitative estimate of drug-likeness (QED) is 0.894. The van der Waals surface area contributed by atoms with Gasteiger partial charge < -0.3 is 5.11 Å². The minimum atomic E-state index is -1.23. The van der Waals surface area contributed by atoms with Crippen molar-refractivity contribution in [3.63, 3.8) is 0 Å². The van der Waals surface area contributed by atoms with Crippen molar-refractivity contribution < 1.29 is 9.90 Å². The van der Waals surface area contributed by atoms with Gasteiger partial charge in [-0.05, 0) is 55.8 Å². The summed E-state index contributed by atoms with van der Waals surface area (Å²) in [5.74, 6) is 1.73. The monoisotopic (exact) mass is 274 g/mol. The highest BCUT2D eigenvalue weighted by molar-refractivity contribution is 5.84. The third kappa shape index (κ3) is 1.72. The maximum absolute atomic E-state index is 11.5. The molecule has 0 atom stereocenters. The van der Waals surface area contributed by atoms with Gasteiger partial charge in [-0.25, -0.2) is 4.79 Å². The van der Waals surface area contributed by atoms with Crippen LogP contribution >= 0.6 is 0 Å². The number of aromatic carboxylic acids is 1. The van der Waals surface area contributed by atoms with Gasteiger partial charge in [-0.3, -0.25) is 9.48 Å². The number of carboxylic acids is 1. The maximum atomic E-state index is 11.5. The first-order valence-corrected chi connectivity index (χ1v) is 7.44. The zero-order valence-corrected chi connectivity index (χ0v) is 11.2. The van der Waals surface area contributed by atoms with E-state index in [9.17, 15) is 9.59 Å². The second kappa shape index (κ2) is 4.17. The molecule has 0 aliphatic heterocycles. The van der Waals surface area contributed by atoms with Crippen molar-refractivity contribution in [2.75, 3.05) is 0 Å². The summed E-state index contributed by atoms with van der Waals surface area (Å²) in [4.78, 5) is 22.6. The van der Waals surface area contributed by atoms with Gasteiger partial charge in [-0.1, -0.05) is 0 Å². The van der Waals surface area contributed by atoms with E-state index in [4.69, 9.17) is 5.11 Å². The molecule has 4 aliphatic rings. The Morgan fingerprint density at radius 3 is 2.30 bits per heavy atom. The lowest BCUT2D eigenvalue weighted by Crippen LogP contribution is -2.46. The van der Waals surface area contributed by atoms with E-state index < -0.39 is 11.4 Å². The van der Waals surface area contributed by atoms with Crippen molar-refractivity contribution in [1.82, 2.24) is 9.78 Å². The maximum Gasteiger partial charge on any atom is 0.360 e. The van der Waals surface area contributed by atoms with Crippen LogP contribution in [0.3, 0.4) is 0 Å². The van der Waals surface area contributed by atoms with Gasteiger partial charge in [0.25, 0.3) is 0 Å². The topological polar surface area (TPSA) is 72.2 Å². The lowest BCUT2D eigenvalue weighted by Gasteiger charge is -2.54. The Labute approximate surface area is 116 Å². The molecule has 1 aromatic rings. The van der Waals surface area contributed by atoms with Crippen molar-refractivity contribution in [3.05, 3.63) is 28.2 Å². The molecule has 106 valence electrons. The van der Waals surface area contributed by atoms with Gasteiger partial charge in [0.2, 0.25) is 11.1 Å². The van der Waals surface area contributed by atoms with Crippen LogP contribution < -0.4 is 5.43 Å². The van der Waals surface area contributed by atoms with E-state index in [-0.39, 0.29) is 5.69 Å². The highest BCUT2D eigenvalue weighted by atomic mass is 16.4. The molecule has 0 saturated heterocycles. The number of rotatable bonds is 2. The van der Waals surface area contributed by atoms with Crippen LogP contribution in [0.4, 0.5) is 0 Å². The fourth-order valence-corrected chi connectivity index (χ4v) is 5.06. The summed E-state index contributed by atoms with van der Waals surface area (Å²) < 4.78 is 1.78. The van der Waals surface area contributed by atoms with E-state index in [1.807, 2.05) is 0 Å². The van der Waals surface area contributed by atoms with Gasteiger partial charge in [0, 0.05) is 12.3 Å². The number of hydrogen-bond donors (Lipinski definition) is 1. The molecule has 4 fully saturated rings. The zero-order valence-electron chi connectivity index (χ0n) is 11.2. The van der Waals surface area contributed by atoms with Crippen molar-refractivity contribution in [2.45, 2.75) is 38.1 Å². The summed E-state index contributed by atoms with van der Waals surface area (Å²) in [6.45, 7) is 0.